The fraction of sp³-hybridized carbons (Fsp3) is 0.364. The highest BCUT2D eigenvalue weighted by Gasteiger charge is 2.25. The van der Waals surface area contributed by atoms with E-state index in [1.165, 1.54) is 0 Å². The summed E-state index contributed by atoms with van der Waals surface area (Å²) < 4.78 is 0. The van der Waals surface area contributed by atoms with E-state index in [9.17, 15) is 9.59 Å². The molecule has 1 fully saturated rings. The molecule has 1 aliphatic rings. The number of nitrogens with one attached hydrogen (secondary N) is 1. The Balaban J connectivity index is 1.55. The first-order valence-corrected chi connectivity index (χ1v) is 9.29. The Morgan fingerprint density at radius 1 is 0.923 bits per heavy atom. The quantitative estimate of drug-likeness (QED) is 0.913. The summed E-state index contributed by atoms with van der Waals surface area (Å²) in [7, 11) is 0. The summed E-state index contributed by atoms with van der Waals surface area (Å²) in [6, 6.07) is 18.0. The van der Waals surface area contributed by atoms with E-state index in [-0.39, 0.29) is 23.8 Å². The van der Waals surface area contributed by atoms with Crippen LogP contribution in [0.2, 0.25) is 0 Å². The molecule has 0 unspecified atom stereocenters. The largest absolute Gasteiger partial charge is 0.349 e. The molecule has 3 rings (SSSR count). The third kappa shape index (κ3) is 4.31. The summed E-state index contributed by atoms with van der Waals surface area (Å²) in [6.07, 6.45) is 1.62. The van der Waals surface area contributed by atoms with Crippen LogP contribution in [0.25, 0.3) is 11.1 Å². The van der Waals surface area contributed by atoms with Crippen molar-refractivity contribution < 1.29 is 9.59 Å². The van der Waals surface area contributed by atoms with Crippen molar-refractivity contribution in [2.75, 3.05) is 13.1 Å². The van der Waals surface area contributed by atoms with E-state index >= 15 is 0 Å². The molecule has 2 aromatic rings. The van der Waals surface area contributed by atoms with Gasteiger partial charge in [-0.3, -0.25) is 9.59 Å². The van der Waals surface area contributed by atoms with Gasteiger partial charge in [0.15, 0.2) is 0 Å². The number of likely N-dealkylation sites (tertiary alicyclic amines) is 1. The van der Waals surface area contributed by atoms with Crippen LogP contribution in [-0.2, 0) is 4.79 Å². The standard InChI is InChI=1S/C22H26N2O2/c1-16(2)22(26)24-14-12-20(13-15-24)23-21(25)19-10-8-18(9-11-19)17-6-4-3-5-7-17/h3-11,16,20H,12-15H2,1-2H3,(H,23,25). The zero-order valence-electron chi connectivity index (χ0n) is 15.4. The summed E-state index contributed by atoms with van der Waals surface area (Å²) in [5.74, 6) is 0.189. The summed E-state index contributed by atoms with van der Waals surface area (Å²) >= 11 is 0. The minimum atomic E-state index is -0.0433. The summed E-state index contributed by atoms with van der Waals surface area (Å²) in [5.41, 5.74) is 2.91. The maximum atomic E-state index is 12.5. The first-order valence-electron chi connectivity index (χ1n) is 9.29. The Morgan fingerprint density at radius 2 is 1.50 bits per heavy atom. The van der Waals surface area contributed by atoms with Crippen LogP contribution in [-0.4, -0.2) is 35.8 Å². The molecule has 0 bridgehead atoms. The minimum absolute atomic E-state index is 0.0317. The topological polar surface area (TPSA) is 49.4 Å². The number of rotatable bonds is 4. The van der Waals surface area contributed by atoms with Crippen molar-refractivity contribution in [3.63, 3.8) is 0 Å². The summed E-state index contributed by atoms with van der Waals surface area (Å²) in [6.45, 7) is 5.29. The molecule has 136 valence electrons. The van der Waals surface area contributed by atoms with Crippen LogP contribution in [0.5, 0.6) is 0 Å². The van der Waals surface area contributed by atoms with Crippen LogP contribution in [0.15, 0.2) is 54.6 Å². The van der Waals surface area contributed by atoms with Gasteiger partial charge in [-0.1, -0.05) is 56.3 Å². The smallest absolute Gasteiger partial charge is 0.251 e. The number of hydrogen-bond acceptors (Lipinski definition) is 2. The number of carbonyl (C=O) groups is 2. The molecule has 0 radical (unpaired) electrons. The number of carbonyl (C=O) groups excluding carboxylic acids is 2. The Morgan fingerprint density at radius 3 is 2.08 bits per heavy atom. The van der Waals surface area contributed by atoms with Crippen molar-refractivity contribution in [1.82, 2.24) is 10.2 Å². The van der Waals surface area contributed by atoms with Gasteiger partial charge in [-0.25, -0.2) is 0 Å². The Kier molecular flexibility index (Phi) is 5.71. The van der Waals surface area contributed by atoms with Gasteiger partial charge in [0.05, 0.1) is 0 Å². The predicted octanol–water partition coefficient (Wildman–Crippen LogP) is 3.73. The molecule has 1 N–H and O–H groups in total. The van der Waals surface area contributed by atoms with Gasteiger partial charge in [0.25, 0.3) is 5.91 Å². The van der Waals surface area contributed by atoms with Gasteiger partial charge < -0.3 is 10.2 Å². The van der Waals surface area contributed by atoms with Crippen molar-refractivity contribution in [3.05, 3.63) is 60.2 Å². The Labute approximate surface area is 155 Å². The molecule has 26 heavy (non-hydrogen) atoms. The number of amides is 2. The number of nitrogens with zero attached hydrogens (tertiary/aromatic N) is 1. The van der Waals surface area contributed by atoms with Crippen LogP contribution in [0.3, 0.4) is 0 Å². The van der Waals surface area contributed by atoms with Gasteiger partial charge in [-0.15, -0.1) is 0 Å². The van der Waals surface area contributed by atoms with Crippen molar-refractivity contribution in [2.45, 2.75) is 32.7 Å². The second kappa shape index (κ2) is 8.17. The lowest BCUT2D eigenvalue weighted by molar-refractivity contribution is -0.135. The van der Waals surface area contributed by atoms with Gasteiger partial charge >= 0.3 is 0 Å². The van der Waals surface area contributed by atoms with E-state index in [1.807, 2.05) is 61.2 Å². The molecule has 0 aromatic heterocycles. The van der Waals surface area contributed by atoms with Crippen LogP contribution >= 0.6 is 0 Å². The van der Waals surface area contributed by atoms with Gasteiger partial charge in [-0.2, -0.15) is 0 Å². The highest BCUT2D eigenvalue weighted by atomic mass is 16.2. The van der Waals surface area contributed by atoms with Gasteiger partial charge in [0.1, 0.15) is 0 Å². The molecule has 0 saturated carbocycles. The van der Waals surface area contributed by atoms with E-state index in [0.29, 0.717) is 5.56 Å². The lowest BCUT2D eigenvalue weighted by Crippen LogP contribution is -2.47. The molecule has 2 amide bonds. The third-order valence-electron chi connectivity index (χ3n) is 4.89. The van der Waals surface area contributed by atoms with E-state index in [0.717, 1.165) is 37.1 Å². The van der Waals surface area contributed by atoms with Crippen LogP contribution in [0.4, 0.5) is 0 Å². The van der Waals surface area contributed by atoms with E-state index < -0.39 is 0 Å². The molecule has 4 heteroatoms. The highest BCUT2D eigenvalue weighted by molar-refractivity contribution is 5.94. The predicted molar refractivity (Wildman–Crippen MR) is 104 cm³/mol. The lowest BCUT2D eigenvalue weighted by atomic mass is 10.0. The highest BCUT2D eigenvalue weighted by Crippen LogP contribution is 2.20. The first kappa shape index (κ1) is 18.2. The zero-order chi connectivity index (χ0) is 18.5. The zero-order valence-corrected chi connectivity index (χ0v) is 15.4. The molecule has 1 saturated heterocycles. The molecule has 4 nitrogen and oxygen atoms in total. The van der Waals surface area contributed by atoms with Crippen LogP contribution < -0.4 is 5.32 Å². The van der Waals surface area contributed by atoms with E-state index in [1.54, 1.807) is 0 Å². The molecule has 1 heterocycles. The number of hydrogen-bond donors (Lipinski definition) is 1. The third-order valence-corrected chi connectivity index (χ3v) is 4.89. The van der Waals surface area contributed by atoms with E-state index in [2.05, 4.69) is 17.4 Å². The molecular weight excluding hydrogens is 324 g/mol. The molecular formula is C22H26N2O2. The maximum Gasteiger partial charge on any atom is 0.251 e. The molecule has 0 atom stereocenters. The number of benzene rings is 2. The molecule has 2 aromatic carbocycles. The fourth-order valence-corrected chi connectivity index (χ4v) is 3.32. The second-order valence-electron chi connectivity index (χ2n) is 7.17. The second-order valence-corrected chi connectivity index (χ2v) is 7.17. The molecule has 0 spiro atoms. The molecule has 1 aliphatic heterocycles. The van der Waals surface area contributed by atoms with Crippen molar-refractivity contribution in [2.24, 2.45) is 5.92 Å². The van der Waals surface area contributed by atoms with Crippen molar-refractivity contribution in [1.29, 1.82) is 0 Å². The molecule has 0 aliphatic carbocycles. The first-order chi connectivity index (χ1) is 12.5. The van der Waals surface area contributed by atoms with Crippen LogP contribution in [0.1, 0.15) is 37.0 Å². The summed E-state index contributed by atoms with van der Waals surface area (Å²) in [5, 5.41) is 3.11. The lowest BCUT2D eigenvalue weighted by Gasteiger charge is -2.33. The van der Waals surface area contributed by atoms with Gasteiger partial charge in [0, 0.05) is 30.6 Å². The van der Waals surface area contributed by atoms with Crippen molar-refractivity contribution in [3.8, 4) is 11.1 Å². The van der Waals surface area contributed by atoms with Crippen molar-refractivity contribution >= 4 is 11.8 Å². The summed E-state index contributed by atoms with van der Waals surface area (Å²) in [4.78, 5) is 26.4. The Hall–Kier alpha value is -2.62. The average molecular weight is 350 g/mol. The Bertz CT molecular complexity index is 745. The number of piperidine rings is 1. The fourth-order valence-electron chi connectivity index (χ4n) is 3.32. The van der Waals surface area contributed by atoms with Gasteiger partial charge in [0.2, 0.25) is 5.91 Å². The SMILES string of the molecule is CC(C)C(=O)N1CCC(NC(=O)c2ccc(-c3ccccc3)cc2)CC1. The maximum absolute atomic E-state index is 12.5. The van der Waals surface area contributed by atoms with Gasteiger partial charge in [-0.05, 0) is 36.1 Å². The average Bonchev–Trinajstić information content (AvgIpc) is 2.68. The van der Waals surface area contributed by atoms with Crippen LogP contribution in [0, 0.1) is 5.92 Å². The monoisotopic (exact) mass is 350 g/mol. The van der Waals surface area contributed by atoms with E-state index in [4.69, 9.17) is 0 Å². The normalized spacial score (nSPS) is 15.1. The minimum Gasteiger partial charge on any atom is -0.349 e.